The van der Waals surface area contributed by atoms with E-state index in [1.165, 1.54) is 5.69 Å². The van der Waals surface area contributed by atoms with E-state index >= 15 is 0 Å². The molecule has 0 spiro atoms. The molecule has 8 heteroatoms. The van der Waals surface area contributed by atoms with Gasteiger partial charge in [0.15, 0.2) is 5.96 Å². The van der Waals surface area contributed by atoms with E-state index in [0.717, 1.165) is 64.4 Å². The topological polar surface area (TPSA) is 69.2 Å². The van der Waals surface area contributed by atoms with E-state index in [1.54, 1.807) is 4.90 Å². The van der Waals surface area contributed by atoms with E-state index in [-0.39, 0.29) is 30.1 Å². The molecule has 1 saturated heterocycles. The number of nitrogens with one attached hydrogen (secondary N) is 2. The van der Waals surface area contributed by atoms with E-state index in [2.05, 4.69) is 53.8 Å². The zero-order valence-electron chi connectivity index (χ0n) is 18.6. The van der Waals surface area contributed by atoms with Crippen LogP contribution in [0.4, 0.5) is 10.5 Å². The van der Waals surface area contributed by atoms with Crippen LogP contribution in [-0.4, -0.2) is 69.4 Å². The molecule has 7 nitrogen and oxygen atoms in total. The molecular formula is C22H38IN5O2. The normalized spacial score (nSPS) is 14.6. The summed E-state index contributed by atoms with van der Waals surface area (Å²) in [6, 6.07) is 10.8. The summed E-state index contributed by atoms with van der Waals surface area (Å²) in [6.07, 6.45) is 3.77. The number of rotatable bonds is 9. The highest BCUT2D eigenvalue weighted by atomic mass is 127. The second kappa shape index (κ2) is 15.1. The largest absolute Gasteiger partial charge is 0.450 e. The van der Waals surface area contributed by atoms with Crippen molar-refractivity contribution in [3.63, 3.8) is 0 Å². The van der Waals surface area contributed by atoms with Crippen molar-refractivity contribution in [3.8, 4) is 0 Å². The van der Waals surface area contributed by atoms with Gasteiger partial charge in [0, 0.05) is 51.5 Å². The first-order valence-electron chi connectivity index (χ1n) is 10.9. The lowest BCUT2D eigenvalue weighted by molar-refractivity contribution is 0.0963. The summed E-state index contributed by atoms with van der Waals surface area (Å²) < 4.78 is 5.08. The van der Waals surface area contributed by atoms with Gasteiger partial charge in [0.05, 0.1) is 6.61 Å². The monoisotopic (exact) mass is 531 g/mol. The van der Waals surface area contributed by atoms with Crippen LogP contribution in [0.1, 0.15) is 39.5 Å². The fourth-order valence-electron chi connectivity index (χ4n) is 3.40. The molecule has 0 aromatic heterocycles. The van der Waals surface area contributed by atoms with Crippen LogP contribution in [0.2, 0.25) is 0 Å². The van der Waals surface area contributed by atoms with Crippen LogP contribution in [0.5, 0.6) is 0 Å². The number of ether oxygens (including phenoxy) is 1. The summed E-state index contributed by atoms with van der Waals surface area (Å²) in [5.74, 6) is 0.874. The molecule has 0 aliphatic carbocycles. The van der Waals surface area contributed by atoms with Crippen LogP contribution in [-0.2, 0) is 4.74 Å². The van der Waals surface area contributed by atoms with Gasteiger partial charge in [-0.15, -0.1) is 24.0 Å². The van der Waals surface area contributed by atoms with Crippen molar-refractivity contribution in [1.29, 1.82) is 0 Å². The lowest BCUT2D eigenvalue weighted by Gasteiger charge is -2.32. The molecule has 1 heterocycles. The van der Waals surface area contributed by atoms with Crippen molar-refractivity contribution in [2.24, 2.45) is 4.99 Å². The van der Waals surface area contributed by atoms with Gasteiger partial charge >= 0.3 is 6.09 Å². The number of anilines is 1. The summed E-state index contributed by atoms with van der Waals surface area (Å²) in [6.45, 7) is 8.46. The Hall–Kier alpha value is -1.71. The molecular weight excluding hydrogens is 493 g/mol. The number of hydrogen-bond acceptors (Lipinski definition) is 4. The van der Waals surface area contributed by atoms with Gasteiger partial charge in [-0.3, -0.25) is 4.99 Å². The van der Waals surface area contributed by atoms with Crippen LogP contribution in [0.25, 0.3) is 0 Å². The Balaban J connectivity index is 0.00000450. The summed E-state index contributed by atoms with van der Waals surface area (Å²) in [7, 11) is 2.13. The standard InChI is InChI=1S/C22H37N5O2.HI/c1-4-23-21(25-19-13-17-27(18-14-19)22(28)29-5-2)24-15-9-10-16-26(3)20-11-7-6-8-12-20;/h6-8,11-12,19H,4-5,9-10,13-18H2,1-3H3,(H2,23,24,25);1H. The average molecular weight is 531 g/mol. The molecule has 1 aliphatic rings. The molecule has 0 unspecified atom stereocenters. The van der Waals surface area contributed by atoms with Gasteiger partial charge in [0.25, 0.3) is 0 Å². The number of unbranched alkanes of at least 4 members (excludes halogenated alkanes) is 1. The Morgan fingerprint density at radius 1 is 1.20 bits per heavy atom. The van der Waals surface area contributed by atoms with Crippen LogP contribution in [0, 0.1) is 0 Å². The molecule has 0 bridgehead atoms. The maximum Gasteiger partial charge on any atom is 0.409 e. The lowest BCUT2D eigenvalue weighted by atomic mass is 10.1. The maximum absolute atomic E-state index is 11.8. The van der Waals surface area contributed by atoms with E-state index in [4.69, 9.17) is 9.73 Å². The third-order valence-electron chi connectivity index (χ3n) is 5.07. The van der Waals surface area contributed by atoms with Crippen LogP contribution < -0.4 is 15.5 Å². The number of amides is 1. The predicted molar refractivity (Wildman–Crippen MR) is 135 cm³/mol. The minimum atomic E-state index is -0.202. The molecule has 2 rings (SSSR count). The molecule has 30 heavy (non-hydrogen) atoms. The number of aliphatic imine (C=N–C) groups is 1. The quantitative estimate of drug-likeness (QED) is 0.220. The van der Waals surface area contributed by atoms with E-state index in [1.807, 2.05) is 13.0 Å². The SMILES string of the molecule is CCNC(=NCCCCN(C)c1ccccc1)NC1CCN(C(=O)OCC)CC1.I. The highest BCUT2D eigenvalue weighted by Crippen LogP contribution is 2.12. The first-order chi connectivity index (χ1) is 14.1. The number of likely N-dealkylation sites (tertiary alicyclic amines) is 1. The Kier molecular flexibility index (Phi) is 13.3. The number of benzene rings is 1. The van der Waals surface area contributed by atoms with Gasteiger partial charge < -0.3 is 25.2 Å². The summed E-state index contributed by atoms with van der Waals surface area (Å²) >= 11 is 0. The zero-order chi connectivity index (χ0) is 20.9. The number of piperidine rings is 1. The molecule has 1 aliphatic heterocycles. The van der Waals surface area contributed by atoms with Crippen molar-refractivity contribution < 1.29 is 9.53 Å². The number of guanidine groups is 1. The van der Waals surface area contributed by atoms with Gasteiger partial charge in [0.2, 0.25) is 0 Å². The van der Waals surface area contributed by atoms with Gasteiger partial charge in [-0.1, -0.05) is 18.2 Å². The van der Waals surface area contributed by atoms with Gasteiger partial charge in [-0.25, -0.2) is 4.79 Å². The lowest BCUT2D eigenvalue weighted by Crippen LogP contribution is -2.49. The summed E-state index contributed by atoms with van der Waals surface area (Å²) in [5, 5.41) is 6.86. The minimum Gasteiger partial charge on any atom is -0.450 e. The molecule has 1 aromatic rings. The van der Waals surface area contributed by atoms with Crippen molar-refractivity contribution in [2.45, 2.75) is 45.6 Å². The summed E-state index contributed by atoms with van der Waals surface area (Å²) in [4.78, 5) is 20.6. The Bertz CT molecular complexity index is 621. The number of hydrogen-bond donors (Lipinski definition) is 2. The fourth-order valence-corrected chi connectivity index (χ4v) is 3.40. The van der Waals surface area contributed by atoms with Crippen molar-refractivity contribution in [3.05, 3.63) is 30.3 Å². The van der Waals surface area contributed by atoms with Crippen LogP contribution >= 0.6 is 24.0 Å². The predicted octanol–water partition coefficient (Wildman–Crippen LogP) is 3.70. The Morgan fingerprint density at radius 2 is 1.90 bits per heavy atom. The summed E-state index contributed by atoms with van der Waals surface area (Å²) in [5.41, 5.74) is 1.25. The van der Waals surface area contributed by atoms with Gasteiger partial charge in [-0.05, 0) is 51.7 Å². The minimum absolute atomic E-state index is 0. The fraction of sp³-hybridized carbons (Fsp3) is 0.636. The van der Waals surface area contributed by atoms with Crippen LogP contribution in [0.3, 0.4) is 0 Å². The first-order valence-corrected chi connectivity index (χ1v) is 10.9. The molecule has 1 aromatic carbocycles. The van der Waals surface area contributed by atoms with Crippen molar-refractivity contribution in [2.75, 3.05) is 51.3 Å². The Morgan fingerprint density at radius 3 is 2.53 bits per heavy atom. The molecule has 0 radical (unpaired) electrons. The van der Waals surface area contributed by atoms with E-state index in [9.17, 15) is 4.79 Å². The number of para-hydroxylation sites is 1. The molecule has 0 atom stereocenters. The zero-order valence-corrected chi connectivity index (χ0v) is 20.9. The molecule has 170 valence electrons. The number of halogens is 1. The maximum atomic E-state index is 11.8. The molecule has 1 fully saturated rings. The van der Waals surface area contributed by atoms with Crippen molar-refractivity contribution >= 4 is 41.7 Å². The molecule has 1 amide bonds. The Labute approximate surface area is 198 Å². The highest BCUT2D eigenvalue weighted by Gasteiger charge is 2.23. The third kappa shape index (κ3) is 9.40. The number of carbonyl (C=O) groups excluding carboxylic acids is 1. The van der Waals surface area contributed by atoms with E-state index < -0.39 is 0 Å². The first kappa shape index (κ1) is 26.3. The molecule has 0 saturated carbocycles. The van der Waals surface area contributed by atoms with Gasteiger partial charge in [-0.2, -0.15) is 0 Å². The third-order valence-corrected chi connectivity index (χ3v) is 5.07. The van der Waals surface area contributed by atoms with Gasteiger partial charge in [0.1, 0.15) is 0 Å². The average Bonchev–Trinajstić information content (AvgIpc) is 2.74. The molecule has 2 N–H and O–H groups in total. The smallest absolute Gasteiger partial charge is 0.409 e. The highest BCUT2D eigenvalue weighted by molar-refractivity contribution is 14.0. The second-order valence-electron chi connectivity index (χ2n) is 7.33. The van der Waals surface area contributed by atoms with Crippen molar-refractivity contribution in [1.82, 2.24) is 15.5 Å². The van der Waals surface area contributed by atoms with E-state index in [0.29, 0.717) is 12.6 Å². The number of nitrogens with zero attached hydrogens (tertiary/aromatic N) is 3. The second-order valence-corrected chi connectivity index (χ2v) is 7.33. The number of carbonyl (C=O) groups is 1. The van der Waals surface area contributed by atoms with Crippen LogP contribution in [0.15, 0.2) is 35.3 Å².